The summed E-state index contributed by atoms with van der Waals surface area (Å²) in [6, 6.07) is 0.594. The molecule has 134 valence electrons. The third kappa shape index (κ3) is 13.6. The van der Waals surface area contributed by atoms with Gasteiger partial charge in [-0.15, -0.1) is 0 Å². The van der Waals surface area contributed by atoms with Crippen LogP contribution in [-0.2, 0) is 0 Å². The fourth-order valence-electron chi connectivity index (χ4n) is 2.61. The van der Waals surface area contributed by atoms with Crippen LogP contribution in [0.3, 0.4) is 0 Å². The topological polar surface area (TPSA) is 24.1 Å². The highest BCUT2D eigenvalue weighted by Crippen LogP contribution is 2.29. The zero-order valence-corrected chi connectivity index (χ0v) is 17.0. The van der Waals surface area contributed by atoms with Crippen molar-refractivity contribution < 1.29 is 0 Å². The highest BCUT2D eigenvalue weighted by molar-refractivity contribution is 4.82. The molecule has 0 aliphatic heterocycles. The fourth-order valence-corrected chi connectivity index (χ4v) is 2.61. The average molecular weight is 313 g/mol. The Morgan fingerprint density at radius 3 is 1.82 bits per heavy atom. The van der Waals surface area contributed by atoms with Crippen LogP contribution in [0.25, 0.3) is 0 Å². The molecule has 22 heavy (non-hydrogen) atoms. The van der Waals surface area contributed by atoms with E-state index in [9.17, 15) is 0 Å². The van der Waals surface area contributed by atoms with Gasteiger partial charge < -0.3 is 10.6 Å². The van der Waals surface area contributed by atoms with Crippen LogP contribution in [0.15, 0.2) is 0 Å². The molecule has 0 saturated heterocycles. The van der Waals surface area contributed by atoms with Gasteiger partial charge in [0.05, 0.1) is 0 Å². The first-order valence-electron chi connectivity index (χ1n) is 9.31. The molecule has 0 bridgehead atoms. The van der Waals surface area contributed by atoms with Gasteiger partial charge in [0.1, 0.15) is 0 Å². The zero-order valence-electron chi connectivity index (χ0n) is 17.0. The zero-order chi connectivity index (χ0) is 17.4. The van der Waals surface area contributed by atoms with Crippen LogP contribution in [-0.4, -0.2) is 24.7 Å². The Kier molecular flexibility index (Phi) is 9.24. The van der Waals surface area contributed by atoms with Gasteiger partial charge in [-0.1, -0.05) is 48.5 Å². The van der Waals surface area contributed by atoms with Gasteiger partial charge in [-0.05, 0) is 69.9 Å². The molecule has 0 unspecified atom stereocenters. The molecule has 2 heteroatoms. The van der Waals surface area contributed by atoms with Crippen molar-refractivity contribution in [3.63, 3.8) is 0 Å². The van der Waals surface area contributed by atoms with Gasteiger partial charge >= 0.3 is 0 Å². The van der Waals surface area contributed by atoms with Crippen molar-refractivity contribution in [2.75, 3.05) is 13.1 Å². The van der Waals surface area contributed by atoms with Crippen LogP contribution in [0.4, 0.5) is 0 Å². The molecule has 0 radical (unpaired) electrons. The lowest BCUT2D eigenvalue weighted by atomic mass is 9.80. The second kappa shape index (κ2) is 9.27. The van der Waals surface area contributed by atoms with Gasteiger partial charge in [0, 0.05) is 11.6 Å². The van der Waals surface area contributed by atoms with E-state index in [-0.39, 0.29) is 5.54 Å². The van der Waals surface area contributed by atoms with E-state index in [2.05, 4.69) is 72.9 Å². The summed E-state index contributed by atoms with van der Waals surface area (Å²) in [6.45, 7) is 23.2. The molecular weight excluding hydrogens is 268 g/mol. The maximum Gasteiger partial charge on any atom is 0.0125 e. The molecule has 0 aromatic heterocycles. The summed E-state index contributed by atoms with van der Waals surface area (Å²) in [6.07, 6.45) is 6.35. The minimum Gasteiger partial charge on any atom is -0.315 e. The maximum atomic E-state index is 3.76. The normalized spacial score (nSPS) is 13.9. The molecule has 0 aromatic rings. The highest BCUT2D eigenvalue weighted by atomic mass is 14.9. The quantitative estimate of drug-likeness (QED) is 0.501. The SMILES string of the molecule is CC(C)NCCC(C)(C)CCC(C)(C)NCCCC(C)(C)C. The molecule has 0 amide bonds. The van der Waals surface area contributed by atoms with E-state index in [1.807, 2.05) is 0 Å². The highest BCUT2D eigenvalue weighted by Gasteiger charge is 2.24. The standard InChI is InChI=1S/C20H44N2/c1-17(2)21-16-14-19(6,7)12-13-20(8,9)22-15-10-11-18(3,4)5/h17,21-22H,10-16H2,1-9H3. The van der Waals surface area contributed by atoms with Gasteiger partial charge in [-0.2, -0.15) is 0 Å². The van der Waals surface area contributed by atoms with E-state index in [1.54, 1.807) is 0 Å². The lowest BCUT2D eigenvalue weighted by Crippen LogP contribution is -2.41. The Bertz CT molecular complexity index is 285. The van der Waals surface area contributed by atoms with Gasteiger partial charge in [0.25, 0.3) is 0 Å². The Morgan fingerprint density at radius 2 is 1.32 bits per heavy atom. The first-order chi connectivity index (χ1) is 9.83. The van der Waals surface area contributed by atoms with Crippen molar-refractivity contribution in [3.05, 3.63) is 0 Å². The molecule has 0 saturated carbocycles. The predicted octanol–water partition coefficient (Wildman–Crippen LogP) is 5.38. The molecule has 2 N–H and O–H groups in total. The van der Waals surface area contributed by atoms with Crippen molar-refractivity contribution in [1.29, 1.82) is 0 Å². The molecule has 0 aromatic carbocycles. The lowest BCUT2D eigenvalue weighted by Gasteiger charge is -2.33. The van der Waals surface area contributed by atoms with Crippen molar-refractivity contribution >= 4 is 0 Å². The third-order valence-corrected chi connectivity index (χ3v) is 4.49. The van der Waals surface area contributed by atoms with Crippen LogP contribution in [0, 0.1) is 10.8 Å². The fraction of sp³-hybridized carbons (Fsp3) is 1.00. The Labute approximate surface area is 141 Å². The van der Waals surface area contributed by atoms with Crippen molar-refractivity contribution in [2.24, 2.45) is 10.8 Å². The maximum absolute atomic E-state index is 3.76. The predicted molar refractivity (Wildman–Crippen MR) is 102 cm³/mol. The molecule has 0 heterocycles. The van der Waals surface area contributed by atoms with E-state index >= 15 is 0 Å². The van der Waals surface area contributed by atoms with Gasteiger partial charge in [-0.25, -0.2) is 0 Å². The summed E-state index contributed by atoms with van der Waals surface area (Å²) in [5.74, 6) is 0. The molecule has 0 atom stereocenters. The van der Waals surface area contributed by atoms with Crippen molar-refractivity contribution in [2.45, 2.75) is 106 Å². The number of rotatable bonds is 11. The van der Waals surface area contributed by atoms with E-state index in [0.717, 1.165) is 13.1 Å². The van der Waals surface area contributed by atoms with Gasteiger partial charge in [0.2, 0.25) is 0 Å². The largest absolute Gasteiger partial charge is 0.315 e. The van der Waals surface area contributed by atoms with E-state index < -0.39 is 0 Å². The Morgan fingerprint density at radius 1 is 0.727 bits per heavy atom. The van der Waals surface area contributed by atoms with Crippen molar-refractivity contribution in [1.82, 2.24) is 10.6 Å². The molecule has 0 aliphatic rings. The summed E-state index contributed by atoms with van der Waals surface area (Å²) in [4.78, 5) is 0. The molecule has 0 aliphatic carbocycles. The summed E-state index contributed by atoms with van der Waals surface area (Å²) < 4.78 is 0. The minimum atomic E-state index is 0.251. The number of hydrogen-bond acceptors (Lipinski definition) is 2. The van der Waals surface area contributed by atoms with E-state index in [1.165, 1.54) is 32.1 Å². The molecule has 0 rings (SSSR count). The van der Waals surface area contributed by atoms with Crippen LogP contribution >= 0.6 is 0 Å². The summed E-state index contributed by atoms with van der Waals surface area (Å²) in [7, 11) is 0. The second-order valence-corrected chi connectivity index (χ2v) is 10.00. The van der Waals surface area contributed by atoms with Crippen LogP contribution in [0.2, 0.25) is 0 Å². The first kappa shape index (κ1) is 21.9. The van der Waals surface area contributed by atoms with Gasteiger partial charge in [0.15, 0.2) is 0 Å². The second-order valence-electron chi connectivity index (χ2n) is 10.00. The molecule has 0 spiro atoms. The number of hydrogen-bond donors (Lipinski definition) is 2. The van der Waals surface area contributed by atoms with Crippen LogP contribution in [0.5, 0.6) is 0 Å². The van der Waals surface area contributed by atoms with Gasteiger partial charge in [-0.3, -0.25) is 0 Å². The summed E-state index contributed by atoms with van der Waals surface area (Å²) in [5.41, 5.74) is 1.13. The summed E-state index contributed by atoms with van der Waals surface area (Å²) >= 11 is 0. The average Bonchev–Trinajstić information content (AvgIpc) is 2.31. The van der Waals surface area contributed by atoms with Crippen molar-refractivity contribution in [3.8, 4) is 0 Å². The van der Waals surface area contributed by atoms with E-state index in [0.29, 0.717) is 16.9 Å². The summed E-state index contributed by atoms with van der Waals surface area (Å²) in [5, 5.41) is 7.30. The molecular formula is C20H44N2. The Hall–Kier alpha value is -0.0800. The van der Waals surface area contributed by atoms with E-state index in [4.69, 9.17) is 0 Å². The monoisotopic (exact) mass is 312 g/mol. The molecule has 2 nitrogen and oxygen atoms in total. The third-order valence-electron chi connectivity index (χ3n) is 4.49. The van der Waals surface area contributed by atoms with Crippen LogP contribution in [0.1, 0.15) is 94.4 Å². The van der Waals surface area contributed by atoms with Crippen LogP contribution < -0.4 is 10.6 Å². The number of nitrogens with one attached hydrogen (secondary N) is 2. The lowest BCUT2D eigenvalue weighted by molar-refractivity contribution is 0.239. The smallest absolute Gasteiger partial charge is 0.0125 e. The first-order valence-corrected chi connectivity index (χ1v) is 9.31. The minimum absolute atomic E-state index is 0.251. The molecule has 0 fully saturated rings. The Balaban J connectivity index is 3.98.